The first-order valence-corrected chi connectivity index (χ1v) is 17.0. The molecule has 0 aromatic carbocycles. The van der Waals surface area contributed by atoms with E-state index in [9.17, 15) is 0 Å². The zero-order chi connectivity index (χ0) is 16.4. The van der Waals surface area contributed by atoms with Gasteiger partial charge in [-0.3, -0.25) is 0 Å². The van der Waals surface area contributed by atoms with Gasteiger partial charge in [0.05, 0.1) is 0 Å². The third-order valence-electron chi connectivity index (χ3n) is 4.93. The van der Waals surface area contributed by atoms with Crippen LogP contribution in [-0.2, 0) is 0 Å². The molecule has 0 atom stereocenters. The van der Waals surface area contributed by atoms with Crippen LogP contribution >= 0.6 is 0 Å². The minimum atomic E-state index is -2.31. The topological polar surface area (TPSA) is 12.9 Å². The van der Waals surface area contributed by atoms with Crippen molar-refractivity contribution in [1.29, 1.82) is 0 Å². The van der Waals surface area contributed by atoms with Gasteiger partial charge in [0, 0.05) is 0 Å². The molecule has 0 N–H and O–H groups in total. The molecule has 0 amide bonds. The summed E-state index contributed by atoms with van der Waals surface area (Å²) in [5, 5.41) is 0. The normalized spacial score (nSPS) is 12.1. The first-order valence-electron chi connectivity index (χ1n) is 9.57. The molecule has 0 saturated carbocycles. The van der Waals surface area contributed by atoms with Crippen molar-refractivity contribution in [1.82, 2.24) is 4.98 Å². The van der Waals surface area contributed by atoms with E-state index in [1.165, 1.54) is 57.5 Å². The fourth-order valence-corrected chi connectivity index (χ4v) is 18.9. The van der Waals surface area contributed by atoms with Crippen LogP contribution in [0.1, 0.15) is 84.8 Å². The van der Waals surface area contributed by atoms with Gasteiger partial charge in [-0.25, -0.2) is 0 Å². The summed E-state index contributed by atoms with van der Waals surface area (Å²) in [6.07, 6.45) is 8.24. The van der Waals surface area contributed by atoms with Crippen molar-refractivity contribution in [3.63, 3.8) is 0 Å². The number of hydrogen-bond donors (Lipinski definition) is 0. The summed E-state index contributed by atoms with van der Waals surface area (Å²) >= 11 is -2.31. The molecule has 0 unspecified atom stereocenters. The first-order chi connectivity index (χ1) is 10.6. The standard InChI is InChI=1S/C8H10N.3C4H9.Sn/c1-7(2)8-5-3-4-6-9-8;3*1-3-4-2;/h3-5,7H,1-2H3;3*1,3-4H2,2H3;. The Morgan fingerprint density at radius 1 is 0.864 bits per heavy atom. The molecule has 1 aromatic heterocycles. The summed E-state index contributed by atoms with van der Waals surface area (Å²) in [6, 6.07) is 6.90. The van der Waals surface area contributed by atoms with Crippen LogP contribution in [-0.4, -0.2) is 23.4 Å². The van der Waals surface area contributed by atoms with Gasteiger partial charge in [0.25, 0.3) is 0 Å². The molecule has 0 aliphatic rings. The number of unbranched alkanes of at least 4 members (excludes halogenated alkanes) is 3. The molecule has 0 fully saturated rings. The van der Waals surface area contributed by atoms with Crippen molar-refractivity contribution in [3.8, 4) is 0 Å². The van der Waals surface area contributed by atoms with E-state index < -0.39 is 18.4 Å². The van der Waals surface area contributed by atoms with E-state index in [-0.39, 0.29) is 0 Å². The van der Waals surface area contributed by atoms with Crippen LogP contribution in [0.5, 0.6) is 0 Å². The second-order valence-electron chi connectivity index (χ2n) is 7.19. The molecular weight excluding hydrogens is 373 g/mol. The number of pyridine rings is 1. The molecule has 1 aromatic rings. The Hall–Kier alpha value is -0.0513. The average Bonchev–Trinajstić information content (AvgIpc) is 2.54. The molecule has 0 radical (unpaired) electrons. The molecule has 1 nitrogen and oxygen atoms in total. The summed E-state index contributed by atoms with van der Waals surface area (Å²) in [5.41, 5.74) is 1.31. The quantitative estimate of drug-likeness (QED) is 0.393. The molecule has 0 aliphatic heterocycles. The van der Waals surface area contributed by atoms with Gasteiger partial charge in [-0.15, -0.1) is 0 Å². The summed E-state index contributed by atoms with van der Waals surface area (Å²) in [5.74, 6) is 0.549. The summed E-state index contributed by atoms with van der Waals surface area (Å²) < 4.78 is 6.12. The Balaban J connectivity index is 3.15. The van der Waals surface area contributed by atoms with E-state index in [0.29, 0.717) is 5.92 Å². The van der Waals surface area contributed by atoms with E-state index in [1.807, 2.05) is 0 Å². The van der Waals surface area contributed by atoms with Crippen molar-refractivity contribution >= 4 is 22.1 Å². The maximum atomic E-state index is 5.20. The molecule has 0 saturated heterocycles. The first kappa shape index (κ1) is 20.0. The predicted octanol–water partition coefficient (Wildman–Crippen LogP) is 6.26. The van der Waals surface area contributed by atoms with Crippen molar-refractivity contribution in [2.24, 2.45) is 0 Å². The van der Waals surface area contributed by atoms with Crippen LogP contribution < -0.4 is 3.71 Å². The van der Waals surface area contributed by atoms with Crippen LogP contribution in [0.4, 0.5) is 0 Å². The van der Waals surface area contributed by atoms with Gasteiger partial charge < -0.3 is 0 Å². The molecule has 126 valence electrons. The third kappa shape index (κ3) is 5.86. The summed E-state index contributed by atoms with van der Waals surface area (Å²) in [7, 11) is 0. The van der Waals surface area contributed by atoms with Crippen LogP contribution in [0, 0.1) is 0 Å². The average molecular weight is 410 g/mol. The molecule has 1 heterocycles. The van der Waals surface area contributed by atoms with E-state index >= 15 is 0 Å². The van der Waals surface area contributed by atoms with Crippen LogP contribution in [0.15, 0.2) is 18.2 Å². The van der Waals surface area contributed by atoms with Crippen molar-refractivity contribution < 1.29 is 0 Å². The van der Waals surface area contributed by atoms with Crippen molar-refractivity contribution in [2.75, 3.05) is 0 Å². The summed E-state index contributed by atoms with van der Waals surface area (Å²) in [6.45, 7) is 11.6. The van der Waals surface area contributed by atoms with Crippen molar-refractivity contribution in [2.45, 2.75) is 92.4 Å². The second-order valence-corrected chi connectivity index (χ2v) is 20.2. The fourth-order valence-electron chi connectivity index (χ4n) is 3.37. The Bertz CT molecular complexity index is 392. The van der Waals surface area contributed by atoms with E-state index in [4.69, 9.17) is 4.98 Å². The van der Waals surface area contributed by atoms with E-state index in [2.05, 4.69) is 52.8 Å². The Morgan fingerprint density at radius 3 is 1.77 bits per heavy atom. The molecule has 0 aliphatic carbocycles. The van der Waals surface area contributed by atoms with E-state index in [0.717, 1.165) is 0 Å². The second kappa shape index (κ2) is 10.7. The maximum absolute atomic E-state index is 5.20. The molecule has 2 heteroatoms. The number of hydrogen-bond acceptors (Lipinski definition) is 1. The third-order valence-corrected chi connectivity index (χ3v) is 20.1. The van der Waals surface area contributed by atoms with Gasteiger partial charge >= 0.3 is 143 Å². The Labute approximate surface area is 143 Å². The van der Waals surface area contributed by atoms with Gasteiger partial charge in [-0.2, -0.15) is 0 Å². The van der Waals surface area contributed by atoms with Crippen LogP contribution in [0.3, 0.4) is 0 Å². The number of rotatable bonds is 11. The monoisotopic (exact) mass is 411 g/mol. The summed E-state index contributed by atoms with van der Waals surface area (Å²) in [4.78, 5) is 5.20. The van der Waals surface area contributed by atoms with Crippen molar-refractivity contribution in [3.05, 3.63) is 23.9 Å². The minimum absolute atomic E-state index is 0.549. The van der Waals surface area contributed by atoms with Gasteiger partial charge in [-0.05, 0) is 0 Å². The Kier molecular flexibility index (Phi) is 9.70. The molecule has 0 spiro atoms. The molecule has 22 heavy (non-hydrogen) atoms. The molecule has 1 rings (SSSR count). The van der Waals surface area contributed by atoms with Crippen LogP contribution in [0.2, 0.25) is 13.3 Å². The van der Waals surface area contributed by atoms with Gasteiger partial charge in [0.1, 0.15) is 0 Å². The van der Waals surface area contributed by atoms with E-state index in [1.54, 1.807) is 3.71 Å². The zero-order valence-electron chi connectivity index (χ0n) is 15.6. The van der Waals surface area contributed by atoms with Gasteiger partial charge in [0.2, 0.25) is 0 Å². The van der Waals surface area contributed by atoms with Gasteiger partial charge in [-0.1, -0.05) is 0 Å². The number of aromatic nitrogens is 1. The number of nitrogens with zero attached hydrogens (tertiary/aromatic N) is 1. The molecule has 0 bridgehead atoms. The molecular formula is C20H37NSn. The Morgan fingerprint density at radius 2 is 1.36 bits per heavy atom. The predicted molar refractivity (Wildman–Crippen MR) is 103 cm³/mol. The fraction of sp³-hybridized carbons (Fsp3) is 0.750. The van der Waals surface area contributed by atoms with Crippen LogP contribution in [0.25, 0.3) is 0 Å². The SMILES string of the molecule is CCC[CH2][Sn]([CH2]CCC)([CH2]CCC)[c]1cccc(C(C)C)n1. The zero-order valence-corrected chi connectivity index (χ0v) is 18.5. The van der Waals surface area contributed by atoms with Gasteiger partial charge in [0.15, 0.2) is 0 Å².